The maximum atomic E-state index is 12.8. The molecule has 1 aromatic carbocycles. The van der Waals surface area contributed by atoms with E-state index in [0.29, 0.717) is 30.5 Å². The van der Waals surface area contributed by atoms with Crippen LogP contribution in [0.25, 0.3) is 0 Å². The molecule has 4 nitrogen and oxygen atoms in total. The number of sulfonamides is 1. The Kier molecular flexibility index (Phi) is 3.88. The lowest BCUT2D eigenvalue weighted by atomic mass is 10.2. The molecular weight excluding hydrogens is 286 g/mol. The molecule has 0 saturated heterocycles. The summed E-state index contributed by atoms with van der Waals surface area (Å²) >= 11 is 0. The van der Waals surface area contributed by atoms with Gasteiger partial charge in [-0.2, -0.15) is 4.31 Å². The molecule has 0 bridgehead atoms. The summed E-state index contributed by atoms with van der Waals surface area (Å²) in [5, 5.41) is 0. The Balaban J connectivity index is 1.87. The largest absolute Gasteiger partial charge is 0.295 e. The lowest BCUT2D eigenvalue weighted by molar-refractivity contribution is 0.101. The normalized spacial score (nSPS) is 19.0. The third-order valence-electron chi connectivity index (χ3n) is 4.20. The predicted molar refractivity (Wildman–Crippen MR) is 80.7 cm³/mol. The molecular formula is C16H21NO3S. The van der Waals surface area contributed by atoms with E-state index in [1.165, 1.54) is 13.0 Å². The third-order valence-corrected chi connectivity index (χ3v) is 6.02. The number of rotatable bonds is 7. The second-order valence-electron chi connectivity index (χ2n) is 6.29. The number of ketones is 1. The van der Waals surface area contributed by atoms with Gasteiger partial charge in [-0.15, -0.1) is 0 Å². The Bertz CT molecular complexity index is 631. The Hall–Kier alpha value is -1.20. The molecule has 0 radical (unpaired) electrons. The first kappa shape index (κ1) is 14.7. The lowest BCUT2D eigenvalue weighted by Gasteiger charge is -2.22. The lowest BCUT2D eigenvalue weighted by Crippen LogP contribution is -2.34. The van der Waals surface area contributed by atoms with Crippen molar-refractivity contribution in [3.63, 3.8) is 0 Å². The number of carbonyl (C=O) groups excluding carboxylic acids is 1. The molecule has 2 aliphatic rings. The van der Waals surface area contributed by atoms with Crippen LogP contribution in [0.2, 0.25) is 0 Å². The van der Waals surface area contributed by atoms with Crippen LogP contribution in [0.3, 0.4) is 0 Å². The van der Waals surface area contributed by atoms with Crippen molar-refractivity contribution in [1.82, 2.24) is 4.31 Å². The molecule has 0 unspecified atom stereocenters. The van der Waals surface area contributed by atoms with E-state index in [-0.39, 0.29) is 10.7 Å². The number of Topliss-reactive ketones (excluding diaryl/α,β-unsaturated/α-hetero) is 1. The molecule has 0 atom stereocenters. The van der Waals surface area contributed by atoms with Crippen LogP contribution in [-0.2, 0) is 10.0 Å². The second kappa shape index (κ2) is 5.54. The number of carbonyl (C=O) groups is 1. The van der Waals surface area contributed by atoms with Crippen LogP contribution in [0.1, 0.15) is 43.0 Å². The summed E-state index contributed by atoms with van der Waals surface area (Å²) in [7, 11) is -3.49. The van der Waals surface area contributed by atoms with Crippen LogP contribution < -0.4 is 0 Å². The van der Waals surface area contributed by atoms with Gasteiger partial charge in [-0.05, 0) is 56.6 Å². The fraction of sp³-hybridized carbons (Fsp3) is 0.562. The van der Waals surface area contributed by atoms with Crippen molar-refractivity contribution < 1.29 is 13.2 Å². The molecule has 1 aromatic rings. The smallest absolute Gasteiger partial charge is 0.243 e. The van der Waals surface area contributed by atoms with Crippen LogP contribution in [0.5, 0.6) is 0 Å². The van der Waals surface area contributed by atoms with Gasteiger partial charge in [0, 0.05) is 18.7 Å². The summed E-state index contributed by atoms with van der Waals surface area (Å²) in [6.45, 7) is 2.71. The van der Waals surface area contributed by atoms with E-state index in [2.05, 4.69) is 0 Å². The molecule has 0 spiro atoms. The van der Waals surface area contributed by atoms with Crippen LogP contribution in [-0.4, -0.2) is 31.6 Å². The summed E-state index contributed by atoms with van der Waals surface area (Å²) < 4.78 is 27.3. The van der Waals surface area contributed by atoms with Gasteiger partial charge in [-0.3, -0.25) is 4.79 Å². The SMILES string of the molecule is CC(=O)c1cccc(S(=O)(=O)N(CC2CC2)CC2CC2)c1. The summed E-state index contributed by atoms with van der Waals surface area (Å²) in [5.74, 6) is 0.937. The summed E-state index contributed by atoms with van der Waals surface area (Å²) in [6.07, 6.45) is 4.52. The highest BCUT2D eigenvalue weighted by Gasteiger charge is 2.35. The molecule has 0 N–H and O–H groups in total. The first-order chi connectivity index (χ1) is 9.96. The Morgan fingerprint density at radius 1 is 1.14 bits per heavy atom. The molecule has 2 fully saturated rings. The van der Waals surface area contributed by atoms with Gasteiger partial charge in [0.15, 0.2) is 5.78 Å². The highest BCUT2D eigenvalue weighted by molar-refractivity contribution is 7.89. The fourth-order valence-corrected chi connectivity index (χ4v) is 4.11. The van der Waals surface area contributed by atoms with Gasteiger partial charge >= 0.3 is 0 Å². The van der Waals surface area contributed by atoms with Crippen molar-refractivity contribution in [1.29, 1.82) is 0 Å². The zero-order valence-electron chi connectivity index (χ0n) is 12.3. The maximum Gasteiger partial charge on any atom is 0.243 e. The summed E-state index contributed by atoms with van der Waals surface area (Å²) in [6, 6.07) is 6.41. The zero-order valence-corrected chi connectivity index (χ0v) is 13.1. The van der Waals surface area contributed by atoms with Crippen molar-refractivity contribution in [2.45, 2.75) is 37.5 Å². The molecule has 0 aromatic heterocycles. The minimum atomic E-state index is -3.49. The predicted octanol–water partition coefficient (Wildman–Crippen LogP) is 2.70. The van der Waals surface area contributed by atoms with E-state index < -0.39 is 10.0 Å². The Morgan fingerprint density at radius 3 is 2.19 bits per heavy atom. The van der Waals surface area contributed by atoms with E-state index in [1.807, 2.05) is 0 Å². The van der Waals surface area contributed by atoms with E-state index in [1.54, 1.807) is 22.5 Å². The minimum Gasteiger partial charge on any atom is -0.295 e. The molecule has 21 heavy (non-hydrogen) atoms. The number of hydrogen-bond acceptors (Lipinski definition) is 3. The average molecular weight is 307 g/mol. The average Bonchev–Trinajstić information content (AvgIpc) is 3.33. The molecule has 0 amide bonds. The second-order valence-corrected chi connectivity index (χ2v) is 8.23. The van der Waals surface area contributed by atoms with Gasteiger partial charge in [0.1, 0.15) is 0 Å². The highest BCUT2D eigenvalue weighted by atomic mass is 32.2. The van der Waals surface area contributed by atoms with E-state index in [9.17, 15) is 13.2 Å². The standard InChI is InChI=1S/C16H21NO3S/c1-12(18)15-3-2-4-16(9-15)21(19,20)17(10-13-5-6-13)11-14-7-8-14/h2-4,9,13-14H,5-8,10-11H2,1H3. The summed E-state index contributed by atoms with van der Waals surface area (Å²) in [5.41, 5.74) is 0.453. The maximum absolute atomic E-state index is 12.8. The number of hydrogen-bond donors (Lipinski definition) is 0. The Labute approximate surface area is 126 Å². The van der Waals surface area contributed by atoms with Crippen LogP contribution in [0.15, 0.2) is 29.2 Å². The van der Waals surface area contributed by atoms with Crippen LogP contribution in [0.4, 0.5) is 0 Å². The van der Waals surface area contributed by atoms with Crippen molar-refractivity contribution in [2.75, 3.05) is 13.1 Å². The van der Waals surface area contributed by atoms with Gasteiger partial charge < -0.3 is 0 Å². The number of benzene rings is 1. The monoisotopic (exact) mass is 307 g/mol. The molecule has 2 saturated carbocycles. The van der Waals surface area contributed by atoms with Gasteiger partial charge in [-0.25, -0.2) is 8.42 Å². The number of nitrogens with zero attached hydrogens (tertiary/aromatic N) is 1. The van der Waals surface area contributed by atoms with Gasteiger partial charge in [0.05, 0.1) is 4.90 Å². The molecule has 0 aliphatic heterocycles. The van der Waals surface area contributed by atoms with Crippen molar-refractivity contribution in [3.8, 4) is 0 Å². The fourth-order valence-electron chi connectivity index (χ4n) is 2.47. The molecule has 0 heterocycles. The zero-order chi connectivity index (χ0) is 15.0. The van der Waals surface area contributed by atoms with Crippen molar-refractivity contribution >= 4 is 15.8 Å². The minimum absolute atomic E-state index is 0.108. The van der Waals surface area contributed by atoms with E-state index >= 15 is 0 Å². The molecule has 3 rings (SSSR count). The molecule has 114 valence electrons. The first-order valence-electron chi connectivity index (χ1n) is 7.58. The van der Waals surface area contributed by atoms with E-state index in [0.717, 1.165) is 25.7 Å². The van der Waals surface area contributed by atoms with Crippen molar-refractivity contribution in [2.24, 2.45) is 11.8 Å². The molecule has 5 heteroatoms. The summed E-state index contributed by atoms with van der Waals surface area (Å²) in [4.78, 5) is 11.7. The van der Waals surface area contributed by atoms with Crippen LogP contribution >= 0.6 is 0 Å². The van der Waals surface area contributed by atoms with Gasteiger partial charge in [-0.1, -0.05) is 12.1 Å². The first-order valence-corrected chi connectivity index (χ1v) is 9.02. The highest BCUT2D eigenvalue weighted by Crippen LogP contribution is 2.36. The van der Waals surface area contributed by atoms with E-state index in [4.69, 9.17) is 0 Å². The molecule has 2 aliphatic carbocycles. The quantitative estimate of drug-likeness (QED) is 0.728. The topological polar surface area (TPSA) is 54.5 Å². The Morgan fingerprint density at radius 2 is 1.71 bits per heavy atom. The van der Waals surface area contributed by atoms with Crippen LogP contribution in [0, 0.1) is 11.8 Å². The van der Waals surface area contributed by atoms with Gasteiger partial charge in [0.2, 0.25) is 10.0 Å². The van der Waals surface area contributed by atoms with Gasteiger partial charge in [0.25, 0.3) is 0 Å². The van der Waals surface area contributed by atoms with Crippen molar-refractivity contribution in [3.05, 3.63) is 29.8 Å². The third kappa shape index (κ3) is 3.52.